The number of hydrogen-bond donors (Lipinski definition) is 2. The van der Waals surface area contributed by atoms with E-state index in [2.05, 4.69) is 25.6 Å². The molecule has 0 fully saturated rings. The molecule has 0 radical (unpaired) electrons. The van der Waals surface area contributed by atoms with E-state index in [1.807, 2.05) is 55.5 Å². The molecule has 0 bridgehead atoms. The molecule has 0 aliphatic heterocycles. The van der Waals surface area contributed by atoms with Crippen LogP contribution in [0, 0.1) is 6.92 Å². The van der Waals surface area contributed by atoms with Crippen LogP contribution in [0.25, 0.3) is 11.3 Å². The van der Waals surface area contributed by atoms with E-state index < -0.39 is 0 Å². The molecule has 2 aromatic heterocycles. The smallest absolute Gasteiger partial charge is 0.255 e. The lowest BCUT2D eigenvalue weighted by atomic mass is 10.1. The van der Waals surface area contributed by atoms with Crippen LogP contribution in [-0.4, -0.2) is 20.9 Å². The summed E-state index contributed by atoms with van der Waals surface area (Å²) in [5, 5.41) is 6.16. The average molecular weight is 430 g/mol. The Morgan fingerprint density at radius 1 is 1.03 bits per heavy atom. The molecular weight excluding hydrogens is 410 g/mol. The summed E-state index contributed by atoms with van der Waals surface area (Å²) in [5.74, 6) is 0.735. The van der Waals surface area contributed by atoms with Crippen LogP contribution >= 0.6 is 11.6 Å². The first-order valence-corrected chi connectivity index (χ1v) is 10.2. The average Bonchev–Trinajstić information content (AvgIpc) is 2.81. The highest BCUT2D eigenvalue weighted by Gasteiger charge is 2.09. The van der Waals surface area contributed by atoms with Crippen LogP contribution in [0.4, 0.5) is 17.3 Å². The van der Waals surface area contributed by atoms with Gasteiger partial charge in [-0.25, -0.2) is 9.97 Å². The molecule has 31 heavy (non-hydrogen) atoms. The van der Waals surface area contributed by atoms with E-state index in [1.54, 1.807) is 30.7 Å². The Morgan fingerprint density at radius 3 is 2.58 bits per heavy atom. The normalized spacial score (nSPS) is 10.5. The van der Waals surface area contributed by atoms with Gasteiger partial charge in [-0.15, -0.1) is 11.6 Å². The number of hydrogen-bond acceptors (Lipinski definition) is 5. The molecule has 7 heteroatoms. The molecule has 6 nitrogen and oxygen atoms in total. The third kappa shape index (κ3) is 5.05. The van der Waals surface area contributed by atoms with Gasteiger partial charge in [0.15, 0.2) is 0 Å². The number of nitrogens with one attached hydrogen (secondary N) is 2. The number of amides is 1. The van der Waals surface area contributed by atoms with Crippen molar-refractivity contribution in [3.8, 4) is 11.3 Å². The van der Waals surface area contributed by atoms with Gasteiger partial charge < -0.3 is 10.6 Å². The molecule has 2 heterocycles. The first kappa shape index (κ1) is 20.5. The summed E-state index contributed by atoms with van der Waals surface area (Å²) >= 11 is 5.80. The molecule has 2 aromatic carbocycles. The first-order valence-electron chi connectivity index (χ1n) is 9.70. The zero-order chi connectivity index (χ0) is 21.6. The van der Waals surface area contributed by atoms with Gasteiger partial charge in [0.1, 0.15) is 0 Å². The number of rotatable bonds is 6. The predicted octanol–water partition coefficient (Wildman–Crippen LogP) is 5.58. The molecule has 0 aliphatic carbocycles. The maximum Gasteiger partial charge on any atom is 0.255 e. The summed E-state index contributed by atoms with van der Waals surface area (Å²) in [5.41, 5.74) is 5.76. The second-order valence-electron chi connectivity index (χ2n) is 6.95. The fourth-order valence-electron chi connectivity index (χ4n) is 3.04. The van der Waals surface area contributed by atoms with Crippen molar-refractivity contribution in [2.45, 2.75) is 12.8 Å². The van der Waals surface area contributed by atoms with Crippen LogP contribution in [0.15, 0.2) is 79.3 Å². The minimum absolute atomic E-state index is 0.172. The van der Waals surface area contributed by atoms with Crippen LogP contribution in [0.2, 0.25) is 0 Å². The van der Waals surface area contributed by atoms with E-state index in [0.29, 0.717) is 23.1 Å². The summed E-state index contributed by atoms with van der Waals surface area (Å²) in [4.78, 5) is 25.5. The van der Waals surface area contributed by atoms with E-state index >= 15 is 0 Å². The van der Waals surface area contributed by atoms with Crippen molar-refractivity contribution in [1.29, 1.82) is 0 Å². The molecule has 0 saturated heterocycles. The molecule has 0 spiro atoms. The monoisotopic (exact) mass is 429 g/mol. The molecule has 0 atom stereocenters. The van der Waals surface area contributed by atoms with Crippen LogP contribution in [-0.2, 0) is 5.88 Å². The maximum atomic E-state index is 12.5. The zero-order valence-electron chi connectivity index (χ0n) is 16.8. The van der Waals surface area contributed by atoms with Crippen molar-refractivity contribution in [2.75, 3.05) is 10.6 Å². The summed E-state index contributed by atoms with van der Waals surface area (Å²) in [6, 6.07) is 18.5. The quantitative estimate of drug-likeness (QED) is 0.391. The summed E-state index contributed by atoms with van der Waals surface area (Å²) in [6.07, 6.45) is 5.19. The topological polar surface area (TPSA) is 79.8 Å². The highest BCUT2D eigenvalue weighted by atomic mass is 35.5. The highest BCUT2D eigenvalue weighted by molar-refractivity contribution is 6.17. The number of nitrogens with zero attached hydrogens (tertiary/aromatic N) is 3. The number of carbonyl (C=O) groups excluding carboxylic acids is 1. The Hall–Kier alpha value is -3.77. The molecular formula is C24H20ClN5O. The Bertz CT molecular complexity index is 1200. The molecule has 0 unspecified atom stereocenters. The van der Waals surface area contributed by atoms with Gasteiger partial charge in [-0.1, -0.05) is 12.1 Å². The fraction of sp³-hybridized carbons (Fsp3) is 0.0833. The molecule has 1 amide bonds. The molecule has 4 rings (SSSR count). The van der Waals surface area contributed by atoms with Gasteiger partial charge in [-0.05, 0) is 66.6 Å². The third-order valence-electron chi connectivity index (χ3n) is 4.71. The summed E-state index contributed by atoms with van der Waals surface area (Å²) in [6.45, 7) is 1.96. The van der Waals surface area contributed by atoms with Gasteiger partial charge in [0.05, 0.1) is 5.69 Å². The van der Waals surface area contributed by atoms with Crippen molar-refractivity contribution in [2.24, 2.45) is 0 Å². The van der Waals surface area contributed by atoms with E-state index in [0.717, 1.165) is 28.1 Å². The van der Waals surface area contributed by atoms with Crippen molar-refractivity contribution in [3.05, 3.63) is 95.9 Å². The number of pyridine rings is 1. The fourth-order valence-corrected chi connectivity index (χ4v) is 3.22. The lowest BCUT2D eigenvalue weighted by Gasteiger charge is -2.12. The second kappa shape index (κ2) is 9.36. The van der Waals surface area contributed by atoms with Crippen molar-refractivity contribution in [1.82, 2.24) is 15.0 Å². The lowest BCUT2D eigenvalue weighted by Crippen LogP contribution is -2.12. The largest absolute Gasteiger partial charge is 0.324 e. The Morgan fingerprint density at radius 2 is 1.87 bits per heavy atom. The van der Waals surface area contributed by atoms with Crippen molar-refractivity contribution >= 4 is 34.8 Å². The standard InChI is InChI=1S/C24H20ClN5O/c1-16-13-20(28-23(31)18-6-4-17(14-25)5-7-18)8-9-21(16)29-24-27-12-10-22(30-24)19-3-2-11-26-15-19/h2-13,15H,14H2,1H3,(H,28,31)(H,27,29,30). The Kier molecular flexibility index (Phi) is 6.19. The molecule has 2 N–H and O–H groups in total. The molecule has 0 aliphatic rings. The molecule has 0 saturated carbocycles. The number of carbonyl (C=O) groups is 1. The lowest BCUT2D eigenvalue weighted by molar-refractivity contribution is 0.102. The number of aryl methyl sites for hydroxylation is 1. The molecule has 4 aromatic rings. The van der Waals surface area contributed by atoms with E-state index in [1.165, 1.54) is 0 Å². The number of alkyl halides is 1. The van der Waals surface area contributed by atoms with E-state index in [4.69, 9.17) is 11.6 Å². The van der Waals surface area contributed by atoms with Crippen molar-refractivity contribution < 1.29 is 4.79 Å². The molecule has 154 valence electrons. The number of benzene rings is 2. The minimum Gasteiger partial charge on any atom is -0.324 e. The number of anilines is 3. The van der Waals surface area contributed by atoms with Gasteiger partial charge in [0.25, 0.3) is 5.91 Å². The summed E-state index contributed by atoms with van der Waals surface area (Å²) < 4.78 is 0. The van der Waals surface area contributed by atoms with Crippen molar-refractivity contribution in [3.63, 3.8) is 0 Å². The predicted molar refractivity (Wildman–Crippen MR) is 124 cm³/mol. The second-order valence-corrected chi connectivity index (χ2v) is 7.21. The van der Waals surface area contributed by atoms with E-state index in [-0.39, 0.29) is 5.91 Å². The third-order valence-corrected chi connectivity index (χ3v) is 5.02. The van der Waals surface area contributed by atoms with Gasteiger partial charge in [-0.3, -0.25) is 9.78 Å². The van der Waals surface area contributed by atoms with Gasteiger partial charge in [0.2, 0.25) is 5.95 Å². The van der Waals surface area contributed by atoms with Crippen LogP contribution in [0.5, 0.6) is 0 Å². The number of aromatic nitrogens is 3. The number of halogens is 1. The van der Waals surface area contributed by atoms with Gasteiger partial charge >= 0.3 is 0 Å². The maximum absolute atomic E-state index is 12.5. The SMILES string of the molecule is Cc1cc(NC(=O)c2ccc(CCl)cc2)ccc1Nc1nccc(-c2cccnc2)n1. The van der Waals surface area contributed by atoms with Crippen LogP contribution in [0.3, 0.4) is 0 Å². The highest BCUT2D eigenvalue weighted by Crippen LogP contribution is 2.24. The van der Waals surface area contributed by atoms with Gasteiger partial charge in [0, 0.05) is 47.0 Å². The van der Waals surface area contributed by atoms with Crippen LogP contribution < -0.4 is 10.6 Å². The zero-order valence-corrected chi connectivity index (χ0v) is 17.6. The van der Waals surface area contributed by atoms with E-state index in [9.17, 15) is 4.79 Å². The first-order chi connectivity index (χ1) is 15.1. The Balaban J connectivity index is 1.47. The minimum atomic E-state index is -0.172. The summed E-state index contributed by atoms with van der Waals surface area (Å²) in [7, 11) is 0. The van der Waals surface area contributed by atoms with Gasteiger partial charge in [-0.2, -0.15) is 0 Å². The Labute approximate surface area is 185 Å². The van der Waals surface area contributed by atoms with Crippen LogP contribution in [0.1, 0.15) is 21.5 Å².